The molecule has 24 heavy (non-hydrogen) atoms. The maximum atomic E-state index is 11.9. The first-order chi connectivity index (χ1) is 11.7. The van der Waals surface area contributed by atoms with E-state index in [2.05, 4.69) is 30.9 Å². The topological polar surface area (TPSA) is 91.3 Å². The highest BCUT2D eigenvalue weighted by atomic mass is 32.1. The molecule has 3 N–H and O–H groups in total. The van der Waals surface area contributed by atoms with E-state index in [0.29, 0.717) is 31.2 Å². The quantitative estimate of drug-likeness (QED) is 0.400. The van der Waals surface area contributed by atoms with E-state index in [9.17, 15) is 4.79 Å². The van der Waals surface area contributed by atoms with E-state index < -0.39 is 0 Å². The average molecular weight is 346 g/mol. The van der Waals surface area contributed by atoms with Gasteiger partial charge in [-0.1, -0.05) is 0 Å². The molecular formula is C16H22N6OS. The smallest absolute Gasteiger partial charge is 0.252 e. The molecule has 7 nitrogen and oxygen atoms in total. The lowest BCUT2D eigenvalue weighted by Gasteiger charge is -2.11. The van der Waals surface area contributed by atoms with Crippen LogP contribution in [0.25, 0.3) is 0 Å². The standard InChI is InChI=1S/C16H22N6OS/c1-3-18-16(22-11-14-21-9-12(2)24-14)20-8-7-19-15(23)13-5-4-6-17-10-13/h4-6,9-10H,3,7-8,11H2,1-2H3,(H,19,23)(H2,18,20,22). The second-order valence-electron chi connectivity index (χ2n) is 4.98. The van der Waals surface area contributed by atoms with E-state index in [4.69, 9.17) is 0 Å². The molecule has 0 aromatic carbocycles. The molecule has 2 aromatic heterocycles. The molecule has 2 aromatic rings. The molecule has 0 bridgehead atoms. The van der Waals surface area contributed by atoms with Crippen molar-refractivity contribution in [2.45, 2.75) is 20.4 Å². The molecule has 0 aliphatic heterocycles. The van der Waals surface area contributed by atoms with Gasteiger partial charge < -0.3 is 16.0 Å². The third kappa shape index (κ3) is 5.96. The first kappa shape index (κ1) is 17.9. The molecule has 0 aliphatic carbocycles. The van der Waals surface area contributed by atoms with Crippen molar-refractivity contribution in [2.75, 3.05) is 19.6 Å². The van der Waals surface area contributed by atoms with Crippen LogP contribution in [-0.2, 0) is 6.54 Å². The highest BCUT2D eigenvalue weighted by molar-refractivity contribution is 7.11. The predicted molar refractivity (Wildman–Crippen MR) is 96.2 cm³/mol. The number of aromatic nitrogens is 2. The number of nitrogens with one attached hydrogen (secondary N) is 3. The number of amides is 1. The van der Waals surface area contributed by atoms with Crippen molar-refractivity contribution < 1.29 is 4.79 Å². The Kier molecular flexibility index (Phi) is 7.16. The molecular weight excluding hydrogens is 324 g/mol. The average Bonchev–Trinajstić information content (AvgIpc) is 3.02. The Morgan fingerprint density at radius 1 is 1.25 bits per heavy atom. The lowest BCUT2D eigenvalue weighted by Crippen LogP contribution is -2.41. The van der Waals surface area contributed by atoms with Crippen LogP contribution in [0.1, 0.15) is 27.2 Å². The fourth-order valence-electron chi connectivity index (χ4n) is 1.92. The van der Waals surface area contributed by atoms with Crippen LogP contribution in [0.15, 0.2) is 35.7 Å². The Bertz CT molecular complexity index is 670. The van der Waals surface area contributed by atoms with Gasteiger partial charge >= 0.3 is 0 Å². The van der Waals surface area contributed by atoms with E-state index in [0.717, 1.165) is 11.6 Å². The summed E-state index contributed by atoms with van der Waals surface area (Å²) in [5.41, 5.74) is 0.553. The van der Waals surface area contributed by atoms with E-state index in [1.54, 1.807) is 35.9 Å². The van der Waals surface area contributed by atoms with E-state index >= 15 is 0 Å². The fourth-order valence-corrected chi connectivity index (χ4v) is 2.63. The molecule has 0 saturated carbocycles. The lowest BCUT2D eigenvalue weighted by atomic mass is 10.3. The van der Waals surface area contributed by atoms with Gasteiger partial charge in [0.2, 0.25) is 0 Å². The molecule has 0 spiro atoms. The van der Waals surface area contributed by atoms with Gasteiger partial charge in [-0.2, -0.15) is 0 Å². The van der Waals surface area contributed by atoms with Crippen LogP contribution in [0.5, 0.6) is 0 Å². The Morgan fingerprint density at radius 2 is 2.08 bits per heavy atom. The molecule has 2 heterocycles. The van der Waals surface area contributed by atoms with Crippen LogP contribution in [0.3, 0.4) is 0 Å². The highest BCUT2D eigenvalue weighted by Gasteiger charge is 2.04. The molecule has 0 fully saturated rings. The number of hydrogen-bond acceptors (Lipinski definition) is 5. The summed E-state index contributed by atoms with van der Waals surface area (Å²) >= 11 is 1.64. The molecule has 0 atom stereocenters. The molecule has 128 valence electrons. The number of aliphatic imine (C=N–C) groups is 1. The van der Waals surface area contributed by atoms with Crippen molar-refractivity contribution in [1.82, 2.24) is 25.9 Å². The summed E-state index contributed by atoms with van der Waals surface area (Å²) in [6, 6.07) is 3.47. The van der Waals surface area contributed by atoms with Gasteiger partial charge in [-0.25, -0.2) is 9.98 Å². The van der Waals surface area contributed by atoms with E-state index in [1.165, 1.54) is 4.88 Å². The minimum absolute atomic E-state index is 0.134. The fraction of sp³-hybridized carbons (Fsp3) is 0.375. The lowest BCUT2D eigenvalue weighted by molar-refractivity contribution is 0.0954. The van der Waals surface area contributed by atoms with Gasteiger partial charge in [0, 0.05) is 43.1 Å². The van der Waals surface area contributed by atoms with Crippen LogP contribution in [0.4, 0.5) is 0 Å². The zero-order valence-electron chi connectivity index (χ0n) is 13.9. The molecule has 0 aliphatic rings. The minimum Gasteiger partial charge on any atom is -0.357 e. The molecule has 1 amide bonds. The zero-order chi connectivity index (χ0) is 17.2. The van der Waals surface area contributed by atoms with Gasteiger partial charge in [0.1, 0.15) is 5.01 Å². The Hall–Kier alpha value is -2.48. The number of pyridine rings is 1. The molecule has 0 radical (unpaired) electrons. The maximum Gasteiger partial charge on any atom is 0.252 e. The highest BCUT2D eigenvalue weighted by Crippen LogP contribution is 2.11. The number of aryl methyl sites for hydroxylation is 1. The summed E-state index contributed by atoms with van der Waals surface area (Å²) in [7, 11) is 0. The molecule has 2 rings (SSSR count). The van der Waals surface area contributed by atoms with E-state index in [1.807, 2.05) is 20.0 Å². The van der Waals surface area contributed by atoms with Gasteiger partial charge in [0.15, 0.2) is 5.96 Å². The van der Waals surface area contributed by atoms with Gasteiger partial charge in [-0.05, 0) is 26.0 Å². The summed E-state index contributed by atoms with van der Waals surface area (Å²) < 4.78 is 0. The molecule has 0 unspecified atom stereocenters. The normalized spacial score (nSPS) is 11.2. The Labute approximate surface area is 145 Å². The number of rotatable bonds is 7. The van der Waals surface area contributed by atoms with Crippen LogP contribution in [-0.4, -0.2) is 41.5 Å². The van der Waals surface area contributed by atoms with E-state index in [-0.39, 0.29) is 5.91 Å². The Balaban J connectivity index is 1.75. The number of thiazole rings is 1. The van der Waals surface area contributed by atoms with Gasteiger partial charge in [0.25, 0.3) is 5.91 Å². The summed E-state index contributed by atoms with van der Waals surface area (Å²) in [4.78, 5) is 25.8. The number of hydrogen-bond donors (Lipinski definition) is 3. The number of guanidine groups is 1. The summed E-state index contributed by atoms with van der Waals surface area (Å²) in [6.07, 6.45) is 5.04. The monoisotopic (exact) mass is 346 g/mol. The van der Waals surface area contributed by atoms with Crippen molar-refractivity contribution in [3.63, 3.8) is 0 Å². The van der Waals surface area contributed by atoms with Crippen LogP contribution >= 0.6 is 11.3 Å². The van der Waals surface area contributed by atoms with Crippen molar-refractivity contribution in [1.29, 1.82) is 0 Å². The van der Waals surface area contributed by atoms with Crippen molar-refractivity contribution in [3.8, 4) is 0 Å². The third-order valence-electron chi connectivity index (χ3n) is 3.01. The third-order valence-corrected chi connectivity index (χ3v) is 3.91. The largest absolute Gasteiger partial charge is 0.357 e. The van der Waals surface area contributed by atoms with Gasteiger partial charge in [0.05, 0.1) is 12.1 Å². The minimum atomic E-state index is -0.134. The van der Waals surface area contributed by atoms with Crippen molar-refractivity contribution >= 4 is 23.2 Å². The summed E-state index contributed by atoms with van der Waals surface area (Å²) in [5, 5.41) is 10.2. The predicted octanol–water partition coefficient (Wildman–Crippen LogP) is 1.33. The Morgan fingerprint density at radius 3 is 2.75 bits per heavy atom. The zero-order valence-corrected chi connectivity index (χ0v) is 14.7. The number of carbonyl (C=O) groups excluding carboxylic acids is 1. The van der Waals surface area contributed by atoms with Crippen molar-refractivity contribution in [3.05, 3.63) is 46.2 Å². The second-order valence-corrected chi connectivity index (χ2v) is 6.30. The van der Waals surface area contributed by atoms with Crippen LogP contribution in [0.2, 0.25) is 0 Å². The SMILES string of the molecule is CCNC(=NCc1ncc(C)s1)NCCNC(=O)c1cccnc1. The summed E-state index contributed by atoms with van der Waals surface area (Å²) in [6.45, 7) is 6.41. The first-order valence-electron chi connectivity index (χ1n) is 7.80. The van der Waals surface area contributed by atoms with Crippen molar-refractivity contribution in [2.24, 2.45) is 4.99 Å². The summed E-state index contributed by atoms with van der Waals surface area (Å²) in [5.74, 6) is 0.575. The molecule has 0 saturated heterocycles. The number of nitrogens with zero attached hydrogens (tertiary/aromatic N) is 3. The van der Waals surface area contributed by atoms with Crippen LogP contribution in [0, 0.1) is 6.92 Å². The second kappa shape index (κ2) is 9.61. The van der Waals surface area contributed by atoms with Crippen LogP contribution < -0.4 is 16.0 Å². The maximum absolute atomic E-state index is 11.9. The molecule has 8 heteroatoms. The number of carbonyl (C=O) groups is 1. The first-order valence-corrected chi connectivity index (χ1v) is 8.62. The van der Waals surface area contributed by atoms with Gasteiger partial charge in [-0.3, -0.25) is 9.78 Å². The van der Waals surface area contributed by atoms with Gasteiger partial charge in [-0.15, -0.1) is 11.3 Å².